The second-order valence-corrected chi connectivity index (χ2v) is 13.8. The lowest BCUT2D eigenvalue weighted by Crippen LogP contribution is -2.01. The van der Waals surface area contributed by atoms with Crippen molar-refractivity contribution in [3.63, 3.8) is 0 Å². The van der Waals surface area contributed by atoms with Crippen molar-refractivity contribution in [2.45, 2.75) is 14.9 Å². The minimum Gasteiger partial charge on any atom is -0.493 e. The zero-order chi connectivity index (χ0) is 42.1. The third kappa shape index (κ3) is 9.69. The van der Waals surface area contributed by atoms with E-state index in [0.717, 1.165) is 22.5 Å². The van der Waals surface area contributed by atoms with E-state index >= 15 is 0 Å². The van der Waals surface area contributed by atoms with Gasteiger partial charge in [-0.25, -0.2) is 29.5 Å². The van der Waals surface area contributed by atoms with Gasteiger partial charge in [0, 0.05) is 57.8 Å². The number of methoxy groups -OCH3 is 4. The van der Waals surface area contributed by atoms with Gasteiger partial charge in [0.05, 0.1) is 51.0 Å². The van der Waals surface area contributed by atoms with Gasteiger partial charge in [-0.3, -0.25) is 8.80 Å². The molecular weight excluding hydrogens is 816 g/mol. The van der Waals surface area contributed by atoms with Crippen molar-refractivity contribution in [2.24, 2.45) is 0 Å². The Bertz CT molecular complexity index is 2780. The zero-order valence-electron chi connectivity index (χ0n) is 31.8. The summed E-state index contributed by atoms with van der Waals surface area (Å²) in [5.41, 5.74) is 5.07. The molecule has 14 nitrogen and oxygen atoms in total. The van der Waals surface area contributed by atoms with Crippen LogP contribution in [0.1, 0.15) is 20.7 Å². The van der Waals surface area contributed by atoms with Crippen LogP contribution in [-0.4, -0.2) is 79.3 Å². The highest BCUT2D eigenvalue weighted by molar-refractivity contribution is 7.99. The molecule has 0 atom stereocenters. The van der Waals surface area contributed by atoms with Crippen LogP contribution in [0.4, 0.5) is 0 Å². The third-order valence-corrected chi connectivity index (χ3v) is 10.2. The number of carboxylic acids is 2. The van der Waals surface area contributed by atoms with Crippen LogP contribution >= 0.6 is 36.0 Å². The minimum absolute atomic E-state index is 0.226. The van der Waals surface area contributed by atoms with Crippen molar-refractivity contribution in [1.29, 1.82) is 0 Å². The summed E-state index contributed by atoms with van der Waals surface area (Å²) in [7, 11) is 6.36. The number of imidazole rings is 2. The molecule has 0 aliphatic heterocycles. The molecule has 0 bridgehead atoms. The van der Waals surface area contributed by atoms with Gasteiger partial charge in [0.1, 0.15) is 11.3 Å². The molecular formula is C42H35ClN6O8S2. The molecule has 4 heterocycles. The van der Waals surface area contributed by atoms with Crippen molar-refractivity contribution in [1.82, 2.24) is 28.7 Å². The number of fused-ring (bicyclic) bond motifs is 2. The van der Waals surface area contributed by atoms with Crippen molar-refractivity contribution < 1.29 is 38.7 Å². The largest absolute Gasteiger partial charge is 0.493 e. The summed E-state index contributed by atoms with van der Waals surface area (Å²) in [5, 5.41) is 19.0. The van der Waals surface area contributed by atoms with Crippen LogP contribution < -0.4 is 18.9 Å². The molecule has 0 saturated carbocycles. The number of rotatable bonds is 10. The Hall–Kier alpha value is -6.75. The fraction of sp³-hybridized carbons (Fsp3) is 0.0952. The van der Waals surface area contributed by atoms with Crippen LogP contribution in [0.2, 0.25) is 5.28 Å². The van der Waals surface area contributed by atoms with Gasteiger partial charge in [0.15, 0.2) is 28.2 Å². The number of hydrogen-bond acceptors (Lipinski definition) is 12. The molecule has 59 heavy (non-hydrogen) atoms. The maximum Gasteiger partial charge on any atom is 0.336 e. The van der Waals surface area contributed by atoms with E-state index in [1.54, 1.807) is 100 Å². The first kappa shape index (κ1) is 41.9. The van der Waals surface area contributed by atoms with E-state index < -0.39 is 11.9 Å². The summed E-state index contributed by atoms with van der Waals surface area (Å²) in [4.78, 5) is 40.8. The SMILES string of the molecule is COc1ccc(-c2cc3nccn3c(Cl)n2)cc1OC.COc1ccc(-c2cc3nccn3c(Sc3ccccc3C(=O)O)n2)cc1OC.O=C(O)c1ccccc1S. The molecule has 0 aliphatic rings. The molecule has 0 fully saturated rings. The lowest BCUT2D eigenvalue weighted by Gasteiger charge is -2.12. The number of carboxylic acid groups (broad SMARTS) is 2. The molecule has 0 radical (unpaired) electrons. The maximum absolute atomic E-state index is 11.6. The summed E-state index contributed by atoms with van der Waals surface area (Å²) in [5.74, 6) is 0.621. The van der Waals surface area contributed by atoms with E-state index in [1.165, 1.54) is 17.8 Å². The molecule has 0 unspecified atom stereocenters. The maximum atomic E-state index is 11.6. The van der Waals surface area contributed by atoms with Crippen LogP contribution in [0.3, 0.4) is 0 Å². The molecule has 4 aromatic carbocycles. The van der Waals surface area contributed by atoms with Gasteiger partial charge >= 0.3 is 11.9 Å². The summed E-state index contributed by atoms with van der Waals surface area (Å²) in [6.45, 7) is 0. The third-order valence-electron chi connectivity index (χ3n) is 8.52. The van der Waals surface area contributed by atoms with Crippen molar-refractivity contribution in [3.8, 4) is 45.5 Å². The Kier molecular flexibility index (Phi) is 13.6. The monoisotopic (exact) mass is 850 g/mol. The van der Waals surface area contributed by atoms with E-state index in [9.17, 15) is 14.7 Å². The first-order valence-corrected chi connectivity index (χ1v) is 19.0. The molecule has 8 rings (SSSR count). The molecule has 0 spiro atoms. The number of carbonyl (C=O) groups is 2. The fourth-order valence-corrected chi connectivity index (χ4v) is 7.12. The summed E-state index contributed by atoms with van der Waals surface area (Å²) in [6.07, 6.45) is 6.93. The topological polar surface area (TPSA) is 172 Å². The Balaban J connectivity index is 0.000000168. The number of ether oxygens (including phenoxy) is 4. The van der Waals surface area contributed by atoms with Gasteiger partial charge in [-0.15, -0.1) is 12.6 Å². The van der Waals surface area contributed by atoms with E-state index in [0.29, 0.717) is 54.6 Å². The molecule has 8 aromatic rings. The normalized spacial score (nSPS) is 10.5. The zero-order valence-corrected chi connectivity index (χ0v) is 34.3. The number of thiol groups is 1. The number of benzene rings is 4. The number of hydrogen-bond donors (Lipinski definition) is 3. The minimum atomic E-state index is -0.981. The quantitative estimate of drug-likeness (QED) is 0.0880. The Morgan fingerprint density at radius 1 is 0.627 bits per heavy atom. The Labute approximate surface area is 352 Å². The molecule has 300 valence electrons. The van der Waals surface area contributed by atoms with Crippen LogP contribution in [0, 0.1) is 0 Å². The molecule has 0 saturated heterocycles. The number of halogens is 1. The van der Waals surface area contributed by atoms with Crippen LogP contribution in [0.15, 0.2) is 137 Å². The van der Waals surface area contributed by atoms with Gasteiger partial charge in [-0.2, -0.15) is 0 Å². The Morgan fingerprint density at radius 2 is 1.12 bits per heavy atom. The summed E-state index contributed by atoms with van der Waals surface area (Å²) < 4.78 is 24.8. The molecule has 2 N–H and O–H groups in total. The number of nitrogens with zero attached hydrogens (tertiary/aromatic N) is 6. The number of aromatic carboxylic acids is 2. The second-order valence-electron chi connectivity index (χ2n) is 12.0. The summed E-state index contributed by atoms with van der Waals surface area (Å²) in [6, 6.07) is 28.3. The first-order valence-electron chi connectivity index (χ1n) is 17.3. The molecule has 0 amide bonds. The molecule has 0 aliphatic carbocycles. The van der Waals surface area contributed by atoms with Crippen LogP contribution in [0.5, 0.6) is 23.0 Å². The fourth-order valence-electron chi connectivity index (χ4n) is 5.62. The van der Waals surface area contributed by atoms with Crippen LogP contribution in [0.25, 0.3) is 33.8 Å². The second kappa shape index (κ2) is 19.1. The van der Waals surface area contributed by atoms with E-state index in [1.807, 2.05) is 52.9 Å². The highest BCUT2D eigenvalue weighted by Gasteiger charge is 2.16. The Morgan fingerprint density at radius 3 is 1.64 bits per heavy atom. The lowest BCUT2D eigenvalue weighted by atomic mass is 10.1. The van der Waals surface area contributed by atoms with Crippen molar-refractivity contribution in [3.05, 3.63) is 138 Å². The van der Waals surface area contributed by atoms with Gasteiger partial charge < -0.3 is 29.2 Å². The predicted octanol–water partition coefficient (Wildman–Crippen LogP) is 9.00. The lowest BCUT2D eigenvalue weighted by molar-refractivity contribution is 0.0682. The average molecular weight is 851 g/mol. The van der Waals surface area contributed by atoms with Gasteiger partial charge in [0.2, 0.25) is 5.28 Å². The number of aromatic nitrogens is 6. The van der Waals surface area contributed by atoms with Gasteiger partial charge in [-0.1, -0.05) is 36.0 Å². The summed E-state index contributed by atoms with van der Waals surface area (Å²) >= 11 is 11.4. The van der Waals surface area contributed by atoms with E-state index in [-0.39, 0.29) is 11.1 Å². The van der Waals surface area contributed by atoms with Crippen molar-refractivity contribution in [2.75, 3.05) is 28.4 Å². The van der Waals surface area contributed by atoms with Crippen LogP contribution in [-0.2, 0) is 0 Å². The molecule has 4 aromatic heterocycles. The average Bonchev–Trinajstić information content (AvgIpc) is 3.95. The molecule has 17 heteroatoms. The van der Waals surface area contributed by atoms with Gasteiger partial charge in [0.25, 0.3) is 0 Å². The van der Waals surface area contributed by atoms with E-state index in [4.69, 9.17) is 40.6 Å². The van der Waals surface area contributed by atoms with Gasteiger partial charge in [-0.05, 0) is 72.3 Å². The standard InChI is InChI=1S/C21H17N3O4S.C14H12ClN3O2.C7H6O2S/c1-27-16-8-7-13(11-17(16)28-2)15-12-19-22-9-10-24(19)21(23-15)29-18-6-4-3-5-14(18)20(25)26;1-19-11-4-3-9(7-12(11)20-2)10-8-13-16-5-6-18(13)14(15)17-10;8-7(9)5-3-1-2-4-6(5)10/h3-12H,1-2H3,(H,25,26);3-8H,1-2H3;1-4,10H,(H,8,9). The first-order chi connectivity index (χ1) is 28.5. The highest BCUT2D eigenvalue weighted by Crippen LogP contribution is 2.36. The van der Waals surface area contributed by atoms with E-state index in [2.05, 4.69) is 27.6 Å². The van der Waals surface area contributed by atoms with Crippen molar-refractivity contribution >= 4 is 59.2 Å². The smallest absolute Gasteiger partial charge is 0.336 e. The highest BCUT2D eigenvalue weighted by atomic mass is 35.5. The predicted molar refractivity (Wildman–Crippen MR) is 226 cm³/mol.